The van der Waals surface area contributed by atoms with Crippen molar-refractivity contribution in [1.29, 1.82) is 0 Å². The summed E-state index contributed by atoms with van der Waals surface area (Å²) in [5, 5.41) is 0.687. The van der Waals surface area contributed by atoms with E-state index in [1.165, 1.54) is 0 Å². The van der Waals surface area contributed by atoms with E-state index in [-0.39, 0.29) is 0 Å². The molecule has 0 aliphatic carbocycles. The van der Waals surface area contributed by atoms with Gasteiger partial charge >= 0.3 is 0 Å². The predicted octanol–water partition coefficient (Wildman–Crippen LogP) is 1.88. The lowest BCUT2D eigenvalue weighted by atomic mass is 10.2. The summed E-state index contributed by atoms with van der Waals surface area (Å²) in [6.07, 6.45) is 5.75. The summed E-state index contributed by atoms with van der Waals surface area (Å²) in [7, 11) is 0. The highest BCUT2D eigenvalue weighted by Crippen LogP contribution is 2.17. The van der Waals surface area contributed by atoms with Crippen molar-refractivity contribution in [3.63, 3.8) is 0 Å². The lowest BCUT2D eigenvalue weighted by molar-refractivity contribution is 0.802. The smallest absolute Gasteiger partial charge is 0.155 e. The molecule has 14 heavy (non-hydrogen) atoms. The maximum Gasteiger partial charge on any atom is 0.155 e. The van der Waals surface area contributed by atoms with Gasteiger partial charge in [-0.3, -0.25) is 0 Å². The average Bonchev–Trinajstić information content (AvgIpc) is 2.60. The number of pyridine rings is 1. The van der Waals surface area contributed by atoms with E-state index in [1.807, 2.05) is 28.9 Å². The van der Waals surface area contributed by atoms with Crippen LogP contribution in [0.25, 0.3) is 5.65 Å². The van der Waals surface area contributed by atoms with E-state index in [0.29, 0.717) is 11.6 Å². The molecule has 2 aromatic rings. The molecule has 0 atom stereocenters. The molecule has 0 radical (unpaired) electrons. The molecule has 74 valence electrons. The number of rotatable bonds is 3. The van der Waals surface area contributed by atoms with Gasteiger partial charge in [0.15, 0.2) is 5.65 Å². The van der Waals surface area contributed by atoms with E-state index in [0.717, 1.165) is 24.2 Å². The standard InChI is InChI=1S/C10H12ClN3/c11-9-4-2-6-14-8(3-1-5-12)7-13-10(9)14/h2,4,6-7H,1,3,5,12H2. The molecule has 0 saturated heterocycles. The number of aromatic nitrogens is 2. The highest BCUT2D eigenvalue weighted by molar-refractivity contribution is 6.33. The third kappa shape index (κ3) is 1.61. The number of imidazole rings is 1. The molecule has 2 N–H and O–H groups in total. The highest BCUT2D eigenvalue weighted by atomic mass is 35.5. The van der Waals surface area contributed by atoms with Crippen molar-refractivity contribution in [2.24, 2.45) is 5.73 Å². The van der Waals surface area contributed by atoms with Crippen LogP contribution in [0.2, 0.25) is 5.02 Å². The van der Waals surface area contributed by atoms with Crippen LogP contribution >= 0.6 is 11.6 Å². The molecule has 0 amide bonds. The van der Waals surface area contributed by atoms with E-state index in [2.05, 4.69) is 4.98 Å². The first-order valence-corrected chi connectivity index (χ1v) is 5.01. The van der Waals surface area contributed by atoms with Crippen LogP contribution in [0.4, 0.5) is 0 Å². The van der Waals surface area contributed by atoms with E-state index in [4.69, 9.17) is 17.3 Å². The van der Waals surface area contributed by atoms with Gasteiger partial charge in [0.25, 0.3) is 0 Å². The molecule has 0 aliphatic heterocycles. The Balaban J connectivity index is 2.42. The zero-order chi connectivity index (χ0) is 9.97. The molecule has 0 aromatic carbocycles. The van der Waals surface area contributed by atoms with Gasteiger partial charge in [-0.2, -0.15) is 0 Å². The van der Waals surface area contributed by atoms with Crippen LogP contribution in [0.1, 0.15) is 12.1 Å². The van der Waals surface area contributed by atoms with Crippen molar-refractivity contribution < 1.29 is 0 Å². The third-order valence-electron chi connectivity index (χ3n) is 2.20. The van der Waals surface area contributed by atoms with Gasteiger partial charge < -0.3 is 10.1 Å². The molecule has 0 bridgehead atoms. The predicted molar refractivity (Wildman–Crippen MR) is 57.6 cm³/mol. The van der Waals surface area contributed by atoms with Gasteiger partial charge in [0, 0.05) is 18.1 Å². The lowest BCUT2D eigenvalue weighted by Crippen LogP contribution is -2.01. The number of hydrogen-bond acceptors (Lipinski definition) is 2. The van der Waals surface area contributed by atoms with Crippen molar-refractivity contribution in [1.82, 2.24) is 9.38 Å². The molecular formula is C10H12ClN3. The Morgan fingerprint density at radius 2 is 2.36 bits per heavy atom. The highest BCUT2D eigenvalue weighted by Gasteiger charge is 2.04. The Morgan fingerprint density at radius 1 is 1.50 bits per heavy atom. The molecule has 0 saturated carbocycles. The molecule has 3 nitrogen and oxygen atoms in total. The van der Waals surface area contributed by atoms with E-state index >= 15 is 0 Å². The third-order valence-corrected chi connectivity index (χ3v) is 2.50. The van der Waals surface area contributed by atoms with Gasteiger partial charge in [0.1, 0.15) is 0 Å². The van der Waals surface area contributed by atoms with Crippen molar-refractivity contribution in [2.75, 3.05) is 6.54 Å². The fourth-order valence-corrected chi connectivity index (χ4v) is 1.71. The molecule has 2 aromatic heterocycles. The lowest BCUT2D eigenvalue weighted by Gasteiger charge is -2.00. The Morgan fingerprint density at radius 3 is 3.14 bits per heavy atom. The van der Waals surface area contributed by atoms with Crippen LogP contribution in [-0.2, 0) is 6.42 Å². The number of hydrogen-bond donors (Lipinski definition) is 1. The van der Waals surface area contributed by atoms with Gasteiger partial charge in [0.05, 0.1) is 5.02 Å². The number of nitrogens with two attached hydrogens (primary N) is 1. The van der Waals surface area contributed by atoms with E-state index in [1.54, 1.807) is 0 Å². The SMILES string of the molecule is NCCCc1cnc2c(Cl)cccn12. The summed E-state index contributed by atoms with van der Waals surface area (Å²) >= 11 is 6.00. The second-order valence-corrected chi connectivity index (χ2v) is 3.60. The summed E-state index contributed by atoms with van der Waals surface area (Å²) in [4.78, 5) is 4.26. The minimum atomic E-state index is 0.687. The second-order valence-electron chi connectivity index (χ2n) is 3.19. The van der Waals surface area contributed by atoms with Gasteiger partial charge in [-0.25, -0.2) is 4.98 Å². The first-order valence-electron chi connectivity index (χ1n) is 4.63. The average molecular weight is 210 g/mol. The van der Waals surface area contributed by atoms with Crippen molar-refractivity contribution in [3.05, 3.63) is 35.2 Å². The fraction of sp³-hybridized carbons (Fsp3) is 0.300. The maximum atomic E-state index is 6.00. The molecule has 0 fully saturated rings. The van der Waals surface area contributed by atoms with Gasteiger partial charge in [-0.05, 0) is 31.5 Å². The second kappa shape index (κ2) is 3.98. The van der Waals surface area contributed by atoms with Crippen molar-refractivity contribution >= 4 is 17.2 Å². The van der Waals surface area contributed by atoms with Crippen LogP contribution in [0.15, 0.2) is 24.5 Å². The Kier molecular flexibility index (Phi) is 2.70. The number of halogens is 1. The monoisotopic (exact) mass is 209 g/mol. The minimum absolute atomic E-state index is 0.687. The zero-order valence-electron chi connectivity index (χ0n) is 7.78. The van der Waals surface area contributed by atoms with Gasteiger partial charge in [0.2, 0.25) is 0 Å². The normalized spacial score (nSPS) is 11.0. The summed E-state index contributed by atoms with van der Waals surface area (Å²) in [5.41, 5.74) is 7.44. The van der Waals surface area contributed by atoms with Crippen LogP contribution < -0.4 is 5.73 Å². The summed E-state index contributed by atoms with van der Waals surface area (Å²) in [6, 6.07) is 3.76. The largest absolute Gasteiger partial charge is 0.330 e. The first-order chi connectivity index (χ1) is 6.83. The number of aryl methyl sites for hydroxylation is 1. The van der Waals surface area contributed by atoms with Crippen LogP contribution in [-0.4, -0.2) is 15.9 Å². The van der Waals surface area contributed by atoms with Gasteiger partial charge in [-0.15, -0.1) is 0 Å². The quantitative estimate of drug-likeness (QED) is 0.839. The van der Waals surface area contributed by atoms with Gasteiger partial charge in [-0.1, -0.05) is 11.6 Å². The maximum absolute atomic E-state index is 6.00. The minimum Gasteiger partial charge on any atom is -0.330 e. The Hall–Kier alpha value is -1.06. The number of nitrogens with zero attached hydrogens (tertiary/aromatic N) is 2. The zero-order valence-corrected chi connectivity index (χ0v) is 8.54. The molecule has 4 heteroatoms. The molecule has 2 heterocycles. The molecule has 0 unspecified atom stereocenters. The summed E-state index contributed by atoms with van der Waals surface area (Å²) in [5.74, 6) is 0. The van der Waals surface area contributed by atoms with E-state index in [9.17, 15) is 0 Å². The Bertz CT molecular complexity index is 436. The van der Waals surface area contributed by atoms with Crippen molar-refractivity contribution in [2.45, 2.75) is 12.8 Å². The van der Waals surface area contributed by atoms with Crippen LogP contribution in [0, 0.1) is 0 Å². The molecule has 2 rings (SSSR count). The summed E-state index contributed by atoms with van der Waals surface area (Å²) in [6.45, 7) is 0.702. The molecular weight excluding hydrogens is 198 g/mol. The molecule has 0 spiro atoms. The van der Waals surface area contributed by atoms with E-state index < -0.39 is 0 Å². The topological polar surface area (TPSA) is 43.3 Å². The number of fused-ring (bicyclic) bond motifs is 1. The first kappa shape index (κ1) is 9.49. The Labute approximate surface area is 87.5 Å². The van der Waals surface area contributed by atoms with Crippen LogP contribution in [0.5, 0.6) is 0 Å². The fourth-order valence-electron chi connectivity index (χ4n) is 1.50. The molecule has 0 aliphatic rings. The summed E-state index contributed by atoms with van der Waals surface area (Å²) < 4.78 is 2.01. The van der Waals surface area contributed by atoms with Crippen LogP contribution in [0.3, 0.4) is 0 Å². The van der Waals surface area contributed by atoms with Crippen molar-refractivity contribution in [3.8, 4) is 0 Å².